The highest BCUT2D eigenvalue weighted by atomic mass is 35.5. The average molecular weight is 402 g/mol. The van der Waals surface area contributed by atoms with Crippen LogP contribution in [0.2, 0.25) is 5.02 Å². The van der Waals surface area contributed by atoms with E-state index in [0.29, 0.717) is 22.3 Å². The van der Waals surface area contributed by atoms with Gasteiger partial charge in [0, 0.05) is 23.2 Å². The number of benzene rings is 2. The van der Waals surface area contributed by atoms with Gasteiger partial charge in [-0.3, -0.25) is 0 Å². The number of nitrogens with one attached hydrogen (secondary N) is 1. The van der Waals surface area contributed by atoms with Gasteiger partial charge in [0.15, 0.2) is 6.61 Å². The van der Waals surface area contributed by atoms with Crippen LogP contribution >= 0.6 is 11.6 Å². The van der Waals surface area contributed by atoms with Crippen LogP contribution in [0.25, 0.3) is 10.9 Å². The minimum atomic E-state index is -1.04. The van der Waals surface area contributed by atoms with Crippen LogP contribution in [0.4, 0.5) is 0 Å². The third-order valence-corrected chi connectivity index (χ3v) is 4.85. The summed E-state index contributed by atoms with van der Waals surface area (Å²) < 4.78 is 11.3. The molecule has 0 saturated heterocycles. The smallest absolute Gasteiger partial charge is 0.341 e. The third kappa shape index (κ3) is 4.78. The lowest BCUT2D eigenvalue weighted by molar-refractivity contribution is -0.139. The van der Waals surface area contributed by atoms with Crippen molar-refractivity contribution in [2.45, 2.75) is 39.5 Å². The maximum atomic E-state index is 10.7. The molecule has 6 heteroatoms. The fraction of sp³-hybridized carbons (Fsp3) is 0.318. The molecule has 5 nitrogen and oxygen atoms in total. The lowest BCUT2D eigenvalue weighted by atomic mass is 10.1. The van der Waals surface area contributed by atoms with Gasteiger partial charge < -0.3 is 19.6 Å². The minimum Gasteiger partial charge on any atom is -0.482 e. The van der Waals surface area contributed by atoms with E-state index in [1.54, 1.807) is 12.1 Å². The van der Waals surface area contributed by atoms with E-state index >= 15 is 0 Å². The van der Waals surface area contributed by atoms with Crippen molar-refractivity contribution < 1.29 is 19.4 Å². The fourth-order valence-corrected chi connectivity index (χ4v) is 3.46. The van der Waals surface area contributed by atoms with Crippen LogP contribution in [-0.2, 0) is 11.2 Å². The highest BCUT2D eigenvalue weighted by Gasteiger charge is 2.12. The number of ether oxygens (including phenoxy) is 2. The van der Waals surface area contributed by atoms with Gasteiger partial charge in [0.1, 0.15) is 17.2 Å². The number of hydrogen-bond acceptors (Lipinski definition) is 3. The topological polar surface area (TPSA) is 71.5 Å². The molecule has 0 radical (unpaired) electrons. The predicted octanol–water partition coefficient (Wildman–Crippen LogP) is 6.12. The first-order chi connectivity index (χ1) is 13.5. The van der Waals surface area contributed by atoms with Crippen LogP contribution < -0.4 is 9.47 Å². The number of aromatic nitrogens is 1. The molecule has 148 valence electrons. The Kier molecular flexibility index (Phi) is 6.47. The summed E-state index contributed by atoms with van der Waals surface area (Å²) in [7, 11) is 0. The van der Waals surface area contributed by atoms with Gasteiger partial charge in [-0.2, -0.15) is 0 Å². The van der Waals surface area contributed by atoms with E-state index in [-0.39, 0.29) is 0 Å². The molecule has 0 atom stereocenters. The second kappa shape index (κ2) is 9.02. The van der Waals surface area contributed by atoms with E-state index in [2.05, 4.69) is 18.1 Å². The second-order valence-corrected chi connectivity index (χ2v) is 7.22. The van der Waals surface area contributed by atoms with Crippen molar-refractivity contribution in [3.05, 3.63) is 52.7 Å². The van der Waals surface area contributed by atoms with Crippen LogP contribution in [0.15, 0.2) is 36.5 Å². The number of aliphatic carboxylic acids is 1. The number of carboxylic acids is 1. The van der Waals surface area contributed by atoms with Gasteiger partial charge in [0.05, 0.1) is 5.02 Å². The van der Waals surface area contributed by atoms with Gasteiger partial charge in [0.2, 0.25) is 0 Å². The Hall–Kier alpha value is -2.66. The first-order valence-corrected chi connectivity index (χ1v) is 9.78. The molecule has 0 aliphatic heterocycles. The summed E-state index contributed by atoms with van der Waals surface area (Å²) in [6, 6.07) is 9.21. The second-order valence-electron chi connectivity index (χ2n) is 6.81. The number of hydrogen-bond donors (Lipinski definition) is 2. The Morgan fingerprint density at radius 3 is 2.71 bits per heavy atom. The van der Waals surface area contributed by atoms with Crippen molar-refractivity contribution in [2.75, 3.05) is 6.61 Å². The third-order valence-electron chi connectivity index (χ3n) is 4.57. The Labute approximate surface area is 169 Å². The van der Waals surface area contributed by atoms with Crippen molar-refractivity contribution >= 4 is 28.5 Å². The quantitative estimate of drug-likeness (QED) is 0.424. The number of aryl methyl sites for hydroxylation is 2. The number of halogens is 1. The van der Waals surface area contributed by atoms with E-state index < -0.39 is 12.6 Å². The monoisotopic (exact) mass is 401 g/mol. The molecule has 0 aliphatic rings. The SMILES string of the molecule is CCCCCc1c[nH]c2ccc(Oc3c(C)cc(OCC(=O)O)cc3Cl)cc12. The summed E-state index contributed by atoms with van der Waals surface area (Å²) in [6.07, 6.45) is 6.68. The van der Waals surface area contributed by atoms with Gasteiger partial charge in [-0.05, 0) is 55.2 Å². The summed E-state index contributed by atoms with van der Waals surface area (Å²) in [5.41, 5.74) is 3.14. The number of carboxylic acid groups (broad SMARTS) is 1. The van der Waals surface area contributed by atoms with Crippen molar-refractivity contribution in [1.82, 2.24) is 4.98 Å². The lowest BCUT2D eigenvalue weighted by Crippen LogP contribution is -2.09. The molecule has 0 spiro atoms. The Morgan fingerprint density at radius 2 is 2.00 bits per heavy atom. The molecule has 2 N–H and O–H groups in total. The molecule has 0 aliphatic carbocycles. The largest absolute Gasteiger partial charge is 0.482 e. The molecule has 0 saturated carbocycles. The average Bonchev–Trinajstić information content (AvgIpc) is 3.05. The van der Waals surface area contributed by atoms with E-state index in [4.69, 9.17) is 26.2 Å². The Balaban J connectivity index is 1.81. The summed E-state index contributed by atoms with van der Waals surface area (Å²) in [4.78, 5) is 14.0. The van der Waals surface area contributed by atoms with Crippen molar-refractivity contribution in [1.29, 1.82) is 0 Å². The van der Waals surface area contributed by atoms with Gasteiger partial charge in [-0.25, -0.2) is 4.79 Å². The molecule has 0 unspecified atom stereocenters. The first-order valence-electron chi connectivity index (χ1n) is 9.40. The van der Waals surface area contributed by atoms with Crippen LogP contribution in [0.1, 0.15) is 37.3 Å². The molecule has 3 rings (SSSR count). The Bertz CT molecular complexity index is 957. The maximum absolute atomic E-state index is 10.7. The molecular formula is C22H24ClNO4. The summed E-state index contributed by atoms with van der Waals surface area (Å²) in [6.45, 7) is 3.63. The number of rotatable bonds is 9. The summed E-state index contributed by atoms with van der Waals surface area (Å²) in [5, 5.41) is 10.3. The van der Waals surface area contributed by atoms with E-state index in [1.165, 1.54) is 18.4 Å². The molecule has 3 aromatic rings. The van der Waals surface area contributed by atoms with Crippen LogP contribution in [0, 0.1) is 6.92 Å². The van der Waals surface area contributed by atoms with Crippen LogP contribution in [-0.4, -0.2) is 22.7 Å². The minimum absolute atomic E-state index is 0.373. The Morgan fingerprint density at radius 1 is 1.18 bits per heavy atom. The number of unbranched alkanes of at least 4 members (excludes halogenated alkanes) is 2. The fourth-order valence-electron chi connectivity index (χ4n) is 3.17. The molecule has 0 amide bonds. The van der Waals surface area contributed by atoms with Gasteiger partial charge >= 0.3 is 5.97 Å². The normalized spacial score (nSPS) is 11.0. The number of carbonyl (C=O) groups is 1. The number of H-pyrrole nitrogens is 1. The zero-order chi connectivity index (χ0) is 20.1. The number of fused-ring (bicyclic) bond motifs is 1. The molecule has 2 aromatic carbocycles. The van der Waals surface area contributed by atoms with E-state index in [1.807, 2.05) is 25.1 Å². The number of aromatic amines is 1. The van der Waals surface area contributed by atoms with Gasteiger partial charge in [-0.15, -0.1) is 0 Å². The van der Waals surface area contributed by atoms with E-state index in [9.17, 15) is 4.79 Å². The zero-order valence-electron chi connectivity index (χ0n) is 16.0. The highest BCUT2D eigenvalue weighted by molar-refractivity contribution is 6.32. The van der Waals surface area contributed by atoms with Crippen molar-refractivity contribution in [3.8, 4) is 17.2 Å². The predicted molar refractivity (Wildman–Crippen MR) is 111 cm³/mol. The van der Waals surface area contributed by atoms with Crippen molar-refractivity contribution in [2.24, 2.45) is 0 Å². The van der Waals surface area contributed by atoms with Gasteiger partial charge in [0.25, 0.3) is 0 Å². The first kappa shape index (κ1) is 20.1. The molecule has 1 aromatic heterocycles. The molecule has 0 bridgehead atoms. The summed E-state index contributed by atoms with van der Waals surface area (Å²) in [5.74, 6) is 0.597. The maximum Gasteiger partial charge on any atom is 0.341 e. The van der Waals surface area contributed by atoms with Crippen LogP contribution in [0.3, 0.4) is 0 Å². The standard InChI is InChI=1S/C22H24ClNO4/c1-3-4-5-6-15-12-24-20-8-7-16(10-18(15)20)28-22-14(2)9-17(11-19(22)23)27-13-21(25)26/h7-12,24H,3-6,13H2,1-2H3,(H,25,26). The molecular weight excluding hydrogens is 378 g/mol. The van der Waals surface area contributed by atoms with Gasteiger partial charge in [-0.1, -0.05) is 31.4 Å². The van der Waals surface area contributed by atoms with E-state index in [0.717, 1.165) is 29.3 Å². The molecule has 1 heterocycles. The highest BCUT2D eigenvalue weighted by Crippen LogP contribution is 2.37. The van der Waals surface area contributed by atoms with Crippen molar-refractivity contribution in [3.63, 3.8) is 0 Å². The molecule has 0 fully saturated rings. The zero-order valence-corrected chi connectivity index (χ0v) is 16.8. The molecule has 28 heavy (non-hydrogen) atoms. The summed E-state index contributed by atoms with van der Waals surface area (Å²) >= 11 is 6.35. The lowest BCUT2D eigenvalue weighted by Gasteiger charge is -2.13. The van der Waals surface area contributed by atoms with Crippen LogP contribution in [0.5, 0.6) is 17.2 Å².